The highest BCUT2D eigenvalue weighted by Crippen LogP contribution is 2.35. The first-order valence-electron chi connectivity index (χ1n) is 7.41. The molecule has 118 valence electrons. The van der Waals surface area contributed by atoms with Gasteiger partial charge < -0.3 is 9.88 Å². The molecule has 4 rings (SSSR count). The van der Waals surface area contributed by atoms with Crippen molar-refractivity contribution in [2.45, 2.75) is 30.3 Å². The maximum Gasteiger partial charge on any atom is 0.255 e. The van der Waals surface area contributed by atoms with E-state index in [0.29, 0.717) is 18.5 Å². The van der Waals surface area contributed by atoms with Gasteiger partial charge in [0.15, 0.2) is 0 Å². The third kappa shape index (κ3) is 2.07. The zero-order chi connectivity index (χ0) is 16.1. The number of rotatable bonds is 2. The van der Waals surface area contributed by atoms with Crippen LogP contribution in [0.5, 0.6) is 0 Å². The number of aromatic nitrogens is 1. The van der Waals surface area contributed by atoms with Gasteiger partial charge in [0.1, 0.15) is 6.04 Å². The Morgan fingerprint density at radius 3 is 2.83 bits per heavy atom. The molecule has 1 aromatic heterocycles. The van der Waals surface area contributed by atoms with Crippen LogP contribution in [-0.2, 0) is 16.1 Å². The van der Waals surface area contributed by atoms with Gasteiger partial charge in [0.25, 0.3) is 5.91 Å². The largest absolute Gasteiger partial charge is 0.360 e. The number of piperidine rings is 1. The molecule has 3 amide bonds. The molecule has 0 radical (unpaired) electrons. The molecule has 1 atom stereocenters. The first-order valence-corrected chi connectivity index (χ1v) is 8.64. The number of nitrogens with one attached hydrogen (secondary N) is 2. The third-order valence-corrected chi connectivity index (χ3v) is 5.33. The minimum absolute atomic E-state index is 0.142. The quantitative estimate of drug-likeness (QED) is 0.648. The molecule has 7 heteroatoms. The number of carbonyl (C=O) groups excluding carboxylic acids is 3. The number of aromatic amines is 1. The van der Waals surface area contributed by atoms with Crippen molar-refractivity contribution >= 4 is 40.4 Å². The Morgan fingerprint density at radius 2 is 2.09 bits per heavy atom. The van der Waals surface area contributed by atoms with Crippen LogP contribution in [0.4, 0.5) is 0 Å². The number of amides is 3. The molecule has 2 aliphatic heterocycles. The molecular formula is C16H15N3O3S. The third-order valence-electron chi connectivity index (χ3n) is 4.55. The Kier molecular flexibility index (Phi) is 3.19. The molecular weight excluding hydrogens is 314 g/mol. The first-order chi connectivity index (χ1) is 11.1. The van der Waals surface area contributed by atoms with Crippen molar-refractivity contribution in [2.24, 2.45) is 0 Å². The van der Waals surface area contributed by atoms with Crippen LogP contribution in [0.2, 0.25) is 0 Å². The molecule has 0 aliphatic carbocycles. The molecule has 6 nitrogen and oxygen atoms in total. The van der Waals surface area contributed by atoms with E-state index in [-0.39, 0.29) is 24.1 Å². The van der Waals surface area contributed by atoms with Crippen molar-refractivity contribution in [3.05, 3.63) is 29.5 Å². The Hall–Kier alpha value is -2.28. The molecule has 1 unspecified atom stereocenters. The number of imide groups is 1. The summed E-state index contributed by atoms with van der Waals surface area (Å²) in [5, 5.41) is 3.41. The van der Waals surface area contributed by atoms with Crippen molar-refractivity contribution in [2.75, 3.05) is 6.26 Å². The number of benzene rings is 1. The van der Waals surface area contributed by atoms with Crippen LogP contribution in [0.15, 0.2) is 23.2 Å². The lowest BCUT2D eigenvalue weighted by Gasteiger charge is -2.29. The lowest BCUT2D eigenvalue weighted by molar-refractivity contribution is -0.136. The number of H-pyrrole nitrogens is 1. The van der Waals surface area contributed by atoms with Crippen LogP contribution in [0.25, 0.3) is 10.9 Å². The highest BCUT2D eigenvalue weighted by Gasteiger charge is 2.39. The van der Waals surface area contributed by atoms with Gasteiger partial charge >= 0.3 is 0 Å². The van der Waals surface area contributed by atoms with Gasteiger partial charge in [0.05, 0.1) is 5.52 Å². The lowest BCUT2D eigenvalue weighted by Crippen LogP contribution is -2.52. The molecule has 0 spiro atoms. The van der Waals surface area contributed by atoms with Crippen molar-refractivity contribution in [3.63, 3.8) is 0 Å². The molecule has 0 saturated carbocycles. The number of thioether (sulfide) groups is 1. The van der Waals surface area contributed by atoms with Gasteiger partial charge in [-0.15, -0.1) is 11.8 Å². The van der Waals surface area contributed by atoms with E-state index < -0.39 is 6.04 Å². The summed E-state index contributed by atoms with van der Waals surface area (Å²) in [4.78, 5) is 42.0. The fourth-order valence-electron chi connectivity index (χ4n) is 3.40. The van der Waals surface area contributed by atoms with E-state index in [9.17, 15) is 14.4 Å². The monoisotopic (exact) mass is 329 g/mol. The summed E-state index contributed by atoms with van der Waals surface area (Å²) in [5.41, 5.74) is 2.52. The van der Waals surface area contributed by atoms with Crippen LogP contribution in [-0.4, -0.2) is 39.9 Å². The van der Waals surface area contributed by atoms with Gasteiger partial charge in [0.2, 0.25) is 11.8 Å². The summed E-state index contributed by atoms with van der Waals surface area (Å²) < 4.78 is 0. The highest BCUT2D eigenvalue weighted by atomic mass is 32.2. The second-order valence-corrected chi connectivity index (χ2v) is 6.62. The normalized spacial score (nSPS) is 21.0. The van der Waals surface area contributed by atoms with Crippen molar-refractivity contribution in [3.8, 4) is 0 Å². The fraction of sp³-hybridized carbons (Fsp3) is 0.312. The molecule has 2 aliphatic rings. The van der Waals surface area contributed by atoms with Crippen LogP contribution < -0.4 is 5.32 Å². The van der Waals surface area contributed by atoms with E-state index >= 15 is 0 Å². The number of hydrogen-bond acceptors (Lipinski definition) is 4. The smallest absolute Gasteiger partial charge is 0.255 e. The summed E-state index contributed by atoms with van der Waals surface area (Å²) >= 11 is 1.65. The fourth-order valence-corrected chi connectivity index (χ4v) is 3.96. The predicted molar refractivity (Wildman–Crippen MR) is 86.1 cm³/mol. The lowest BCUT2D eigenvalue weighted by atomic mass is 10.0. The van der Waals surface area contributed by atoms with Gasteiger partial charge in [-0.3, -0.25) is 19.7 Å². The van der Waals surface area contributed by atoms with E-state index in [2.05, 4.69) is 10.3 Å². The Labute approximate surface area is 136 Å². The van der Waals surface area contributed by atoms with E-state index in [1.807, 2.05) is 24.6 Å². The number of carbonyl (C=O) groups is 3. The SMILES string of the molecule is CSc1c[nH]c2c3c(ccc12)C(=O)N(C1CCC(=O)NC1=O)C3. The summed E-state index contributed by atoms with van der Waals surface area (Å²) in [5.74, 6) is -0.793. The van der Waals surface area contributed by atoms with Gasteiger partial charge in [-0.2, -0.15) is 0 Å². The van der Waals surface area contributed by atoms with E-state index in [1.165, 1.54) is 0 Å². The summed E-state index contributed by atoms with van der Waals surface area (Å²) in [7, 11) is 0. The molecule has 23 heavy (non-hydrogen) atoms. The average Bonchev–Trinajstić information content (AvgIpc) is 3.09. The molecule has 3 heterocycles. The van der Waals surface area contributed by atoms with Gasteiger partial charge in [-0.25, -0.2) is 0 Å². The maximum atomic E-state index is 12.7. The van der Waals surface area contributed by atoms with Crippen molar-refractivity contribution in [1.82, 2.24) is 15.2 Å². The van der Waals surface area contributed by atoms with E-state index in [1.54, 1.807) is 16.7 Å². The standard InChI is InChI=1S/C16H15N3O3S/c1-23-12-6-17-14-9(12)3-2-8-10(14)7-19(16(8)22)11-4-5-13(20)18-15(11)21/h2-3,6,11,17H,4-5,7H2,1H3,(H,18,20,21). The van der Waals surface area contributed by atoms with Crippen LogP contribution in [0, 0.1) is 0 Å². The predicted octanol–water partition coefficient (Wildman–Crippen LogP) is 1.65. The first kappa shape index (κ1) is 14.3. The molecule has 2 N–H and O–H groups in total. The zero-order valence-electron chi connectivity index (χ0n) is 12.5. The van der Waals surface area contributed by atoms with Crippen LogP contribution in [0.3, 0.4) is 0 Å². The number of fused-ring (bicyclic) bond motifs is 3. The zero-order valence-corrected chi connectivity index (χ0v) is 13.3. The molecule has 0 bridgehead atoms. The Balaban J connectivity index is 1.73. The second-order valence-electron chi connectivity index (χ2n) is 5.77. The summed E-state index contributed by atoms with van der Waals surface area (Å²) in [6.45, 7) is 0.395. The maximum absolute atomic E-state index is 12.7. The molecule has 2 aromatic rings. The van der Waals surface area contributed by atoms with E-state index in [4.69, 9.17) is 0 Å². The van der Waals surface area contributed by atoms with Crippen molar-refractivity contribution < 1.29 is 14.4 Å². The second kappa shape index (κ2) is 5.13. The molecule has 1 fully saturated rings. The van der Waals surface area contributed by atoms with E-state index in [0.717, 1.165) is 21.4 Å². The summed E-state index contributed by atoms with van der Waals surface area (Å²) in [6.07, 6.45) is 4.60. The topological polar surface area (TPSA) is 82.3 Å². The number of hydrogen-bond donors (Lipinski definition) is 2. The minimum Gasteiger partial charge on any atom is -0.360 e. The highest BCUT2D eigenvalue weighted by molar-refractivity contribution is 7.98. The molecule has 1 aromatic carbocycles. The van der Waals surface area contributed by atoms with Gasteiger partial charge in [-0.1, -0.05) is 6.07 Å². The average molecular weight is 329 g/mol. The Morgan fingerprint density at radius 1 is 1.26 bits per heavy atom. The number of nitrogens with zero attached hydrogens (tertiary/aromatic N) is 1. The summed E-state index contributed by atoms with van der Waals surface area (Å²) in [6, 6.07) is 3.21. The van der Waals surface area contributed by atoms with Gasteiger partial charge in [0, 0.05) is 40.6 Å². The Bertz CT molecular complexity index is 858. The minimum atomic E-state index is -0.572. The van der Waals surface area contributed by atoms with Gasteiger partial charge in [-0.05, 0) is 18.7 Å². The van der Waals surface area contributed by atoms with Crippen molar-refractivity contribution in [1.29, 1.82) is 0 Å². The van der Waals surface area contributed by atoms with Crippen LogP contribution >= 0.6 is 11.8 Å². The molecule has 1 saturated heterocycles. The van der Waals surface area contributed by atoms with Crippen LogP contribution in [0.1, 0.15) is 28.8 Å².